The molecular weight excluding hydrogens is 340 g/mol. The monoisotopic (exact) mass is 360 g/mol. The summed E-state index contributed by atoms with van der Waals surface area (Å²) >= 11 is 0. The van der Waals surface area contributed by atoms with Crippen molar-refractivity contribution in [3.8, 4) is 11.6 Å². The van der Waals surface area contributed by atoms with Crippen molar-refractivity contribution in [1.82, 2.24) is 4.57 Å². The number of nitroso groups, excluding NO2 is 1. The van der Waals surface area contributed by atoms with E-state index in [0.29, 0.717) is 25.0 Å². The third-order valence-electron chi connectivity index (χ3n) is 4.84. The number of benzene rings is 3. The van der Waals surface area contributed by atoms with Gasteiger partial charge in [0.1, 0.15) is 5.75 Å². The van der Waals surface area contributed by atoms with E-state index in [9.17, 15) is 10.0 Å². The van der Waals surface area contributed by atoms with Gasteiger partial charge in [-0.15, -0.1) is 4.91 Å². The van der Waals surface area contributed by atoms with Crippen LogP contribution in [0.25, 0.3) is 21.7 Å². The van der Waals surface area contributed by atoms with Gasteiger partial charge < -0.3 is 14.4 Å². The van der Waals surface area contributed by atoms with Crippen LogP contribution in [-0.4, -0.2) is 16.3 Å². The highest BCUT2D eigenvalue weighted by Crippen LogP contribution is 2.39. The Morgan fingerprint density at radius 3 is 2.67 bits per heavy atom. The number of aromatic nitrogens is 1. The summed E-state index contributed by atoms with van der Waals surface area (Å²) < 4.78 is 7.61. The maximum Gasteiger partial charge on any atom is 0.222 e. The minimum Gasteiger partial charge on any atom is -0.494 e. The van der Waals surface area contributed by atoms with Crippen LogP contribution in [0.4, 0.5) is 5.69 Å². The Kier molecular flexibility index (Phi) is 4.50. The maximum absolute atomic E-state index is 11.1. The third-order valence-corrected chi connectivity index (χ3v) is 4.84. The number of aryl methyl sites for hydroxylation is 2. The number of ether oxygens (including phenoxy) is 1. The Hall–Kier alpha value is -3.34. The van der Waals surface area contributed by atoms with Crippen molar-refractivity contribution in [2.24, 2.45) is 5.18 Å². The van der Waals surface area contributed by atoms with Crippen LogP contribution < -0.4 is 4.74 Å². The number of para-hydroxylation sites is 1. The average Bonchev–Trinajstić information content (AvgIpc) is 2.97. The van der Waals surface area contributed by atoms with Crippen LogP contribution in [0.3, 0.4) is 0 Å². The van der Waals surface area contributed by atoms with Crippen LogP contribution >= 0.6 is 0 Å². The second kappa shape index (κ2) is 7.11. The summed E-state index contributed by atoms with van der Waals surface area (Å²) in [5, 5.41) is 16.4. The van der Waals surface area contributed by atoms with Crippen molar-refractivity contribution in [3.63, 3.8) is 0 Å². The second-order valence-corrected chi connectivity index (χ2v) is 6.60. The van der Waals surface area contributed by atoms with Crippen molar-refractivity contribution in [3.05, 3.63) is 71.1 Å². The highest BCUT2D eigenvalue weighted by molar-refractivity contribution is 5.96. The van der Waals surface area contributed by atoms with Crippen LogP contribution in [0.2, 0.25) is 0 Å². The van der Waals surface area contributed by atoms with E-state index in [1.165, 1.54) is 5.39 Å². The largest absolute Gasteiger partial charge is 0.494 e. The molecular formula is C22H20N2O3. The summed E-state index contributed by atoms with van der Waals surface area (Å²) in [4.78, 5) is 11.1. The molecule has 0 amide bonds. The number of hydrogen-bond donors (Lipinski definition) is 1. The van der Waals surface area contributed by atoms with Gasteiger partial charge in [0.25, 0.3) is 0 Å². The van der Waals surface area contributed by atoms with Crippen LogP contribution in [0.1, 0.15) is 12.0 Å². The fourth-order valence-corrected chi connectivity index (χ4v) is 3.54. The van der Waals surface area contributed by atoms with E-state index in [-0.39, 0.29) is 11.6 Å². The highest BCUT2D eigenvalue weighted by Gasteiger charge is 2.18. The zero-order chi connectivity index (χ0) is 18.8. The number of aromatic hydroxyl groups is 1. The molecule has 4 aromatic rings. The molecule has 1 heterocycles. The van der Waals surface area contributed by atoms with E-state index in [1.807, 2.05) is 49.4 Å². The quantitative estimate of drug-likeness (QED) is 0.356. The van der Waals surface area contributed by atoms with Gasteiger partial charge in [-0.1, -0.05) is 48.5 Å². The fourth-order valence-electron chi connectivity index (χ4n) is 3.54. The molecule has 1 N–H and O–H groups in total. The molecule has 0 unspecified atom stereocenters. The van der Waals surface area contributed by atoms with Crippen molar-refractivity contribution in [2.75, 3.05) is 6.61 Å². The summed E-state index contributed by atoms with van der Waals surface area (Å²) in [6, 6.07) is 19.8. The molecule has 0 atom stereocenters. The lowest BCUT2D eigenvalue weighted by Gasteiger charge is -2.10. The zero-order valence-corrected chi connectivity index (χ0v) is 15.1. The Morgan fingerprint density at radius 1 is 1.04 bits per heavy atom. The van der Waals surface area contributed by atoms with Gasteiger partial charge in [0.05, 0.1) is 12.1 Å². The normalized spacial score (nSPS) is 11.1. The van der Waals surface area contributed by atoms with Gasteiger partial charge in [0.15, 0.2) is 5.69 Å². The first-order chi connectivity index (χ1) is 13.2. The first-order valence-corrected chi connectivity index (χ1v) is 8.95. The minimum absolute atomic E-state index is 0.0833. The van der Waals surface area contributed by atoms with Gasteiger partial charge in [0.2, 0.25) is 5.88 Å². The fraction of sp³-hybridized carbons (Fsp3) is 0.182. The molecule has 4 rings (SSSR count). The summed E-state index contributed by atoms with van der Waals surface area (Å²) in [5.74, 6) is 0.738. The Morgan fingerprint density at radius 2 is 1.85 bits per heavy atom. The Labute approximate surface area is 156 Å². The van der Waals surface area contributed by atoms with Gasteiger partial charge in [-0.3, -0.25) is 0 Å². The number of hydrogen-bond acceptors (Lipinski definition) is 4. The average molecular weight is 360 g/mol. The predicted octanol–water partition coefficient (Wildman–Crippen LogP) is 5.68. The standard InChI is InChI=1S/C22H20N2O3/c1-15-6-4-9-19-20(23-26)22(25)24(21(15)19)12-5-13-27-18-11-10-16-7-2-3-8-17(16)14-18/h2-4,6-11,14,25H,5,12-13H2,1H3. The van der Waals surface area contributed by atoms with Gasteiger partial charge in [-0.25, -0.2) is 0 Å². The summed E-state index contributed by atoms with van der Waals surface area (Å²) in [7, 11) is 0. The molecule has 136 valence electrons. The lowest BCUT2D eigenvalue weighted by molar-refractivity contribution is 0.298. The third kappa shape index (κ3) is 3.12. The minimum atomic E-state index is -0.0833. The van der Waals surface area contributed by atoms with Gasteiger partial charge in [0, 0.05) is 11.9 Å². The Balaban J connectivity index is 1.49. The van der Waals surface area contributed by atoms with Crippen molar-refractivity contribution < 1.29 is 9.84 Å². The molecule has 5 nitrogen and oxygen atoms in total. The first-order valence-electron chi connectivity index (χ1n) is 8.95. The van der Waals surface area contributed by atoms with E-state index in [1.54, 1.807) is 10.6 Å². The van der Waals surface area contributed by atoms with Crippen LogP contribution in [0.15, 0.2) is 65.8 Å². The summed E-state index contributed by atoms with van der Waals surface area (Å²) in [6.45, 7) is 3.00. The van der Waals surface area contributed by atoms with Crippen molar-refractivity contribution in [1.29, 1.82) is 0 Å². The van der Waals surface area contributed by atoms with Gasteiger partial charge >= 0.3 is 0 Å². The molecule has 1 aromatic heterocycles. The van der Waals surface area contributed by atoms with E-state index in [2.05, 4.69) is 17.3 Å². The first kappa shape index (κ1) is 17.1. The summed E-state index contributed by atoms with van der Waals surface area (Å²) in [6.07, 6.45) is 0.691. The smallest absolute Gasteiger partial charge is 0.222 e. The van der Waals surface area contributed by atoms with E-state index in [0.717, 1.165) is 22.2 Å². The molecule has 27 heavy (non-hydrogen) atoms. The lowest BCUT2D eigenvalue weighted by atomic mass is 10.1. The molecule has 0 radical (unpaired) electrons. The highest BCUT2D eigenvalue weighted by atomic mass is 16.5. The van der Waals surface area contributed by atoms with Gasteiger partial charge in [-0.05, 0) is 47.0 Å². The molecule has 0 saturated carbocycles. The van der Waals surface area contributed by atoms with E-state index >= 15 is 0 Å². The molecule has 0 fully saturated rings. The van der Waals surface area contributed by atoms with Crippen LogP contribution in [-0.2, 0) is 6.54 Å². The summed E-state index contributed by atoms with van der Waals surface area (Å²) in [5.41, 5.74) is 1.94. The Bertz CT molecular complexity index is 1130. The molecule has 0 bridgehead atoms. The zero-order valence-electron chi connectivity index (χ0n) is 15.1. The van der Waals surface area contributed by atoms with E-state index in [4.69, 9.17) is 4.74 Å². The molecule has 0 spiro atoms. The van der Waals surface area contributed by atoms with E-state index < -0.39 is 0 Å². The van der Waals surface area contributed by atoms with Gasteiger partial charge in [-0.2, -0.15) is 0 Å². The molecule has 0 aliphatic heterocycles. The molecule has 3 aromatic carbocycles. The van der Waals surface area contributed by atoms with Crippen LogP contribution in [0.5, 0.6) is 11.6 Å². The topological polar surface area (TPSA) is 63.8 Å². The van der Waals surface area contributed by atoms with Crippen molar-refractivity contribution >= 4 is 27.4 Å². The SMILES string of the molecule is Cc1cccc2c(N=O)c(O)n(CCCOc3ccc4ccccc4c3)c12. The predicted molar refractivity (Wildman–Crippen MR) is 108 cm³/mol. The van der Waals surface area contributed by atoms with Crippen molar-refractivity contribution in [2.45, 2.75) is 19.9 Å². The number of nitrogens with zero attached hydrogens (tertiary/aromatic N) is 2. The lowest BCUT2D eigenvalue weighted by Crippen LogP contribution is -2.04. The second-order valence-electron chi connectivity index (χ2n) is 6.60. The molecule has 5 heteroatoms. The maximum atomic E-state index is 11.1. The molecule has 0 aliphatic carbocycles. The van der Waals surface area contributed by atoms with Crippen LogP contribution in [0, 0.1) is 11.8 Å². The number of rotatable bonds is 6. The molecule has 0 saturated heterocycles. The number of fused-ring (bicyclic) bond motifs is 2. The molecule has 0 aliphatic rings.